The van der Waals surface area contributed by atoms with E-state index < -0.39 is 11.8 Å². The van der Waals surface area contributed by atoms with Crippen molar-refractivity contribution in [1.29, 1.82) is 0 Å². The Morgan fingerprint density at radius 3 is 2.62 bits per heavy atom. The lowest BCUT2D eigenvalue weighted by Crippen LogP contribution is -2.12. The van der Waals surface area contributed by atoms with Gasteiger partial charge in [-0.05, 0) is 54.4 Å². The Morgan fingerprint density at radius 1 is 1.06 bits per heavy atom. The van der Waals surface area contributed by atoms with E-state index in [4.69, 9.17) is 9.47 Å². The highest BCUT2D eigenvalue weighted by Crippen LogP contribution is 2.32. The number of halogens is 1. The predicted octanol–water partition coefficient (Wildman–Crippen LogP) is 5.19. The van der Waals surface area contributed by atoms with Crippen LogP contribution in [0.5, 0.6) is 17.2 Å². The van der Waals surface area contributed by atoms with E-state index >= 15 is 0 Å². The van der Waals surface area contributed by atoms with Gasteiger partial charge in [0.25, 0.3) is 0 Å². The van der Waals surface area contributed by atoms with E-state index in [1.807, 2.05) is 19.1 Å². The molecule has 7 heteroatoms. The number of para-hydroxylation sites is 1. The number of carbonyl (C=O) groups is 2. The number of nitrogens with zero attached hydrogens (tertiary/aromatic N) is 1. The van der Waals surface area contributed by atoms with Gasteiger partial charge < -0.3 is 14.8 Å². The van der Waals surface area contributed by atoms with Crippen molar-refractivity contribution in [3.63, 3.8) is 0 Å². The number of hydrogen-bond acceptors (Lipinski definition) is 5. The first-order valence-electron chi connectivity index (χ1n) is 9.85. The number of anilines is 1. The third-order valence-corrected chi connectivity index (χ3v) is 4.82. The van der Waals surface area contributed by atoms with Crippen LogP contribution in [0.15, 0.2) is 72.9 Å². The number of esters is 1. The zero-order chi connectivity index (χ0) is 22.5. The molecule has 1 aromatic heterocycles. The second kappa shape index (κ2) is 9.26. The van der Waals surface area contributed by atoms with Gasteiger partial charge in [0.1, 0.15) is 23.1 Å². The molecular weight excluding hydrogens is 411 g/mol. The fourth-order valence-electron chi connectivity index (χ4n) is 3.25. The zero-order valence-corrected chi connectivity index (χ0v) is 17.2. The van der Waals surface area contributed by atoms with E-state index in [-0.39, 0.29) is 17.7 Å². The second-order valence-corrected chi connectivity index (χ2v) is 7.07. The van der Waals surface area contributed by atoms with Crippen LogP contribution in [-0.2, 0) is 16.0 Å². The average Bonchev–Trinajstić information content (AvgIpc) is 2.77. The molecule has 0 bridgehead atoms. The number of benzene rings is 3. The molecule has 32 heavy (non-hydrogen) atoms. The van der Waals surface area contributed by atoms with Crippen LogP contribution in [-0.4, -0.2) is 17.4 Å². The SMILES string of the molecule is Cc1cc2nccc(Oc3ccc(CC(=O)Oc4ccccc4)c(F)c3)c2cc1NC=O. The largest absolute Gasteiger partial charge is 0.456 e. The highest BCUT2D eigenvalue weighted by Gasteiger charge is 2.13. The van der Waals surface area contributed by atoms with Crippen LogP contribution < -0.4 is 14.8 Å². The standard InChI is InChI=1S/C25H19FN2O4/c1-16-11-23-20(14-22(16)28-15-29)24(9-10-27-23)31-19-8-7-17(21(26)13-19)12-25(30)32-18-5-3-2-4-6-18/h2-11,13-15H,12H2,1H3,(H,28,29). The molecule has 0 saturated heterocycles. The van der Waals surface area contributed by atoms with Crippen molar-refractivity contribution in [2.75, 3.05) is 5.32 Å². The molecule has 0 atom stereocenters. The lowest BCUT2D eigenvalue weighted by molar-refractivity contribution is -0.133. The fraction of sp³-hybridized carbons (Fsp3) is 0.0800. The fourth-order valence-corrected chi connectivity index (χ4v) is 3.25. The Hall–Kier alpha value is -4.26. The minimum Gasteiger partial charge on any atom is -0.456 e. The summed E-state index contributed by atoms with van der Waals surface area (Å²) in [5.74, 6) is -0.0131. The van der Waals surface area contributed by atoms with Gasteiger partial charge in [0.2, 0.25) is 6.41 Å². The Labute approximate surface area is 183 Å². The minimum absolute atomic E-state index is 0.200. The number of aromatic nitrogens is 1. The third-order valence-electron chi connectivity index (χ3n) is 4.82. The maximum Gasteiger partial charge on any atom is 0.315 e. The van der Waals surface area contributed by atoms with E-state index in [0.717, 1.165) is 5.56 Å². The van der Waals surface area contributed by atoms with E-state index in [1.54, 1.807) is 48.7 Å². The van der Waals surface area contributed by atoms with Crippen LogP contribution in [0.2, 0.25) is 0 Å². The normalized spacial score (nSPS) is 10.6. The minimum atomic E-state index is -0.579. The summed E-state index contributed by atoms with van der Waals surface area (Å²) in [4.78, 5) is 27.3. The Kier molecular flexibility index (Phi) is 6.07. The Morgan fingerprint density at radius 2 is 1.88 bits per heavy atom. The molecule has 3 aromatic carbocycles. The molecule has 0 unspecified atom stereocenters. The molecular formula is C25H19FN2O4. The molecule has 1 heterocycles. The predicted molar refractivity (Wildman–Crippen MR) is 118 cm³/mol. The van der Waals surface area contributed by atoms with E-state index in [0.29, 0.717) is 34.5 Å². The highest BCUT2D eigenvalue weighted by atomic mass is 19.1. The first kappa shape index (κ1) is 21.0. The molecule has 6 nitrogen and oxygen atoms in total. The average molecular weight is 430 g/mol. The van der Waals surface area contributed by atoms with E-state index in [1.165, 1.54) is 12.1 Å². The smallest absolute Gasteiger partial charge is 0.315 e. The number of ether oxygens (including phenoxy) is 2. The van der Waals surface area contributed by atoms with Crippen molar-refractivity contribution >= 4 is 29.0 Å². The summed E-state index contributed by atoms with van der Waals surface area (Å²) in [6.45, 7) is 1.86. The molecule has 0 aliphatic rings. The molecule has 4 aromatic rings. The number of fused-ring (bicyclic) bond motifs is 1. The topological polar surface area (TPSA) is 77.5 Å². The summed E-state index contributed by atoms with van der Waals surface area (Å²) >= 11 is 0. The maximum atomic E-state index is 14.6. The first-order valence-corrected chi connectivity index (χ1v) is 9.85. The summed E-state index contributed by atoms with van der Waals surface area (Å²) in [5, 5.41) is 3.31. The monoisotopic (exact) mass is 430 g/mol. The number of nitrogens with one attached hydrogen (secondary N) is 1. The van der Waals surface area contributed by atoms with Crippen LogP contribution in [0.3, 0.4) is 0 Å². The Balaban J connectivity index is 1.53. The van der Waals surface area contributed by atoms with Crippen LogP contribution in [0.1, 0.15) is 11.1 Å². The lowest BCUT2D eigenvalue weighted by Gasteiger charge is -2.12. The molecule has 1 N–H and O–H groups in total. The molecule has 0 spiro atoms. The summed E-state index contributed by atoms with van der Waals surface area (Å²) in [6.07, 6.45) is 1.98. The molecule has 0 aliphatic carbocycles. The van der Waals surface area contributed by atoms with E-state index in [2.05, 4.69) is 10.3 Å². The molecule has 160 valence electrons. The molecule has 4 rings (SSSR count). The molecule has 1 amide bonds. The van der Waals surface area contributed by atoms with Gasteiger partial charge in [0.05, 0.1) is 11.9 Å². The van der Waals surface area contributed by atoms with Crippen LogP contribution >= 0.6 is 0 Å². The van der Waals surface area contributed by atoms with Crippen molar-refractivity contribution in [3.8, 4) is 17.2 Å². The van der Waals surface area contributed by atoms with Crippen molar-refractivity contribution in [1.82, 2.24) is 4.98 Å². The number of rotatable bonds is 7. The third kappa shape index (κ3) is 4.73. The summed E-state index contributed by atoms with van der Waals surface area (Å²) in [7, 11) is 0. The molecule has 0 fully saturated rings. The molecule has 0 aliphatic heterocycles. The second-order valence-electron chi connectivity index (χ2n) is 7.07. The van der Waals surface area contributed by atoms with Gasteiger partial charge in [-0.25, -0.2) is 4.39 Å². The van der Waals surface area contributed by atoms with Crippen LogP contribution in [0.25, 0.3) is 10.9 Å². The number of aryl methyl sites for hydroxylation is 1. The number of pyridine rings is 1. The van der Waals surface area contributed by atoms with Gasteiger partial charge in [-0.15, -0.1) is 0 Å². The van der Waals surface area contributed by atoms with Gasteiger partial charge in [-0.2, -0.15) is 0 Å². The van der Waals surface area contributed by atoms with Crippen LogP contribution in [0.4, 0.5) is 10.1 Å². The summed E-state index contributed by atoms with van der Waals surface area (Å²) < 4.78 is 25.7. The van der Waals surface area contributed by atoms with Crippen LogP contribution in [0, 0.1) is 12.7 Å². The number of hydrogen-bond donors (Lipinski definition) is 1. The highest BCUT2D eigenvalue weighted by molar-refractivity contribution is 5.91. The van der Waals surface area contributed by atoms with Gasteiger partial charge in [0, 0.05) is 23.3 Å². The van der Waals surface area contributed by atoms with Gasteiger partial charge in [0.15, 0.2) is 0 Å². The van der Waals surface area contributed by atoms with Crippen molar-refractivity contribution in [2.24, 2.45) is 0 Å². The van der Waals surface area contributed by atoms with Crippen molar-refractivity contribution in [3.05, 3.63) is 89.9 Å². The van der Waals surface area contributed by atoms with Gasteiger partial charge >= 0.3 is 5.97 Å². The van der Waals surface area contributed by atoms with E-state index in [9.17, 15) is 14.0 Å². The maximum absolute atomic E-state index is 14.6. The Bertz CT molecular complexity index is 1290. The van der Waals surface area contributed by atoms with Crippen molar-refractivity contribution < 1.29 is 23.5 Å². The van der Waals surface area contributed by atoms with Crippen molar-refractivity contribution in [2.45, 2.75) is 13.3 Å². The van der Waals surface area contributed by atoms with Gasteiger partial charge in [-0.3, -0.25) is 14.6 Å². The first-order chi connectivity index (χ1) is 15.5. The quantitative estimate of drug-likeness (QED) is 0.248. The number of carbonyl (C=O) groups excluding carboxylic acids is 2. The van der Waals surface area contributed by atoms with Gasteiger partial charge in [-0.1, -0.05) is 24.3 Å². The summed E-state index contributed by atoms with van der Waals surface area (Å²) in [6, 6.07) is 18.1. The zero-order valence-electron chi connectivity index (χ0n) is 17.2. The lowest BCUT2D eigenvalue weighted by atomic mass is 10.1. The summed E-state index contributed by atoms with van der Waals surface area (Å²) in [5.41, 5.74) is 2.36. The molecule has 0 radical (unpaired) electrons. The molecule has 0 saturated carbocycles. The number of amides is 1.